The fraction of sp³-hybridized carbons (Fsp3) is 0.133. The number of carbonyl (C=O) groups is 3. The number of benzene rings is 1. The third kappa shape index (κ3) is 4.67. The number of aromatic nitrogens is 1. The van der Waals surface area contributed by atoms with Crippen LogP contribution in [0.25, 0.3) is 0 Å². The molecule has 7 nitrogen and oxygen atoms in total. The molecule has 1 aromatic carbocycles. The summed E-state index contributed by atoms with van der Waals surface area (Å²) in [6, 6.07) is 8.57. The fourth-order valence-corrected chi connectivity index (χ4v) is 2.58. The first-order valence-electron chi connectivity index (χ1n) is 6.85. The van der Waals surface area contributed by atoms with Crippen LogP contribution in [0.5, 0.6) is 0 Å². The number of thiazole rings is 1. The molecule has 24 heavy (non-hydrogen) atoms. The monoisotopic (exact) mass is 363 g/mol. The Kier molecular flexibility index (Phi) is 6.10. The number of nitrogens with zero attached hydrogens (tertiary/aromatic N) is 1. The number of anilines is 1. The highest BCUT2D eigenvalue weighted by atomic mass is 32.1. The molecule has 0 saturated carbocycles. The Bertz CT molecular complexity index is 774. The molecule has 0 unspecified atom stereocenters. The molecule has 0 spiro atoms. The van der Waals surface area contributed by atoms with Crippen molar-refractivity contribution in [2.45, 2.75) is 6.92 Å². The lowest BCUT2D eigenvalue weighted by atomic mass is 10.2. The van der Waals surface area contributed by atoms with Crippen molar-refractivity contribution in [3.63, 3.8) is 0 Å². The summed E-state index contributed by atoms with van der Waals surface area (Å²) >= 11 is 6.10. The van der Waals surface area contributed by atoms with E-state index in [9.17, 15) is 14.4 Å². The molecule has 0 saturated heterocycles. The van der Waals surface area contributed by atoms with Crippen LogP contribution >= 0.6 is 23.6 Å². The molecule has 2 N–H and O–H groups in total. The number of carbonyl (C=O) groups excluding carboxylic acids is 3. The van der Waals surface area contributed by atoms with Gasteiger partial charge in [-0.15, -0.1) is 11.3 Å². The molecular weight excluding hydrogens is 350 g/mol. The summed E-state index contributed by atoms with van der Waals surface area (Å²) < 4.78 is 4.62. The van der Waals surface area contributed by atoms with Gasteiger partial charge in [-0.3, -0.25) is 14.9 Å². The zero-order valence-electron chi connectivity index (χ0n) is 12.6. The van der Waals surface area contributed by atoms with E-state index in [1.165, 1.54) is 5.38 Å². The lowest BCUT2D eigenvalue weighted by molar-refractivity contribution is -0.137. The Morgan fingerprint density at radius 1 is 1.25 bits per heavy atom. The number of ether oxygens (including phenoxy) is 1. The number of hydrogen-bond acceptors (Lipinski definition) is 7. The minimum absolute atomic E-state index is 0.0355. The Morgan fingerprint density at radius 3 is 2.62 bits per heavy atom. The van der Waals surface area contributed by atoms with E-state index in [0.29, 0.717) is 5.56 Å². The predicted octanol–water partition coefficient (Wildman–Crippen LogP) is 2.02. The highest BCUT2D eigenvalue weighted by Crippen LogP contribution is 2.16. The minimum atomic E-state index is -0.964. The summed E-state index contributed by atoms with van der Waals surface area (Å²) in [5, 5.41) is 6.91. The van der Waals surface area contributed by atoms with Crippen molar-refractivity contribution < 1.29 is 19.1 Å². The van der Waals surface area contributed by atoms with Gasteiger partial charge in [-0.25, -0.2) is 9.78 Å². The van der Waals surface area contributed by atoms with Crippen molar-refractivity contribution >= 4 is 51.5 Å². The van der Waals surface area contributed by atoms with Gasteiger partial charge in [-0.05, 0) is 31.3 Å². The van der Waals surface area contributed by atoms with E-state index in [1.807, 2.05) is 0 Å². The number of thiocarbonyl (C=S) groups is 1. The van der Waals surface area contributed by atoms with Gasteiger partial charge in [0.05, 0.1) is 6.61 Å². The van der Waals surface area contributed by atoms with Crippen LogP contribution in [0.2, 0.25) is 0 Å². The first kappa shape index (κ1) is 17.7. The molecule has 0 atom stereocenters. The van der Waals surface area contributed by atoms with Crippen LogP contribution < -0.4 is 10.6 Å². The van der Waals surface area contributed by atoms with E-state index in [1.54, 1.807) is 37.3 Å². The maximum atomic E-state index is 11.9. The predicted molar refractivity (Wildman–Crippen MR) is 93.2 cm³/mol. The number of Topliss-reactive ketones (excluding diaryl/α,β-unsaturated/α-hetero) is 1. The number of amides is 1. The van der Waals surface area contributed by atoms with Gasteiger partial charge < -0.3 is 10.1 Å². The first-order valence-corrected chi connectivity index (χ1v) is 8.14. The molecule has 0 aliphatic carbocycles. The van der Waals surface area contributed by atoms with E-state index in [0.717, 1.165) is 11.3 Å². The second-order valence-electron chi connectivity index (χ2n) is 4.36. The average Bonchev–Trinajstić information content (AvgIpc) is 3.03. The summed E-state index contributed by atoms with van der Waals surface area (Å²) in [5.41, 5.74) is 0.414. The van der Waals surface area contributed by atoms with E-state index >= 15 is 0 Å². The molecule has 0 radical (unpaired) electrons. The SMILES string of the molecule is CCOC(=O)C(=O)c1csc(NC(=S)NC(=O)c2ccccc2)n1. The van der Waals surface area contributed by atoms with E-state index in [4.69, 9.17) is 12.2 Å². The number of rotatable bonds is 5. The highest BCUT2D eigenvalue weighted by molar-refractivity contribution is 7.80. The second kappa shape index (κ2) is 8.27. The maximum Gasteiger partial charge on any atom is 0.381 e. The van der Waals surface area contributed by atoms with E-state index < -0.39 is 11.8 Å². The van der Waals surface area contributed by atoms with Crippen molar-refractivity contribution in [2.75, 3.05) is 11.9 Å². The van der Waals surface area contributed by atoms with Gasteiger partial charge in [0.1, 0.15) is 5.69 Å². The van der Waals surface area contributed by atoms with Gasteiger partial charge in [-0.1, -0.05) is 18.2 Å². The molecule has 0 fully saturated rings. The fourth-order valence-electron chi connectivity index (χ4n) is 1.63. The third-order valence-electron chi connectivity index (χ3n) is 2.68. The Balaban J connectivity index is 1.94. The molecule has 1 aromatic heterocycles. The lowest BCUT2D eigenvalue weighted by Crippen LogP contribution is -2.34. The van der Waals surface area contributed by atoms with Crippen LogP contribution in [0, 0.1) is 0 Å². The minimum Gasteiger partial charge on any atom is -0.460 e. The summed E-state index contributed by atoms with van der Waals surface area (Å²) in [7, 11) is 0. The van der Waals surface area contributed by atoms with Gasteiger partial charge in [0.25, 0.3) is 11.7 Å². The largest absolute Gasteiger partial charge is 0.460 e. The van der Waals surface area contributed by atoms with Crippen molar-refractivity contribution in [1.29, 1.82) is 0 Å². The van der Waals surface area contributed by atoms with E-state index in [-0.39, 0.29) is 28.5 Å². The molecule has 9 heteroatoms. The van der Waals surface area contributed by atoms with Gasteiger partial charge in [0.2, 0.25) is 0 Å². The number of ketones is 1. The van der Waals surface area contributed by atoms with E-state index in [2.05, 4.69) is 20.4 Å². The van der Waals surface area contributed by atoms with Crippen LogP contribution in [0.3, 0.4) is 0 Å². The van der Waals surface area contributed by atoms with Crippen LogP contribution in [-0.2, 0) is 9.53 Å². The quantitative estimate of drug-likeness (QED) is 0.363. The summed E-state index contributed by atoms with van der Waals surface area (Å²) in [4.78, 5) is 39.0. The number of esters is 1. The standard InChI is InChI=1S/C15H13N3O4S2/c1-2-22-13(21)11(19)10-8-24-15(16-10)18-14(23)17-12(20)9-6-4-3-5-7-9/h3-8H,2H2,1H3,(H2,16,17,18,20,23). The summed E-state index contributed by atoms with van der Waals surface area (Å²) in [6.07, 6.45) is 0. The topological polar surface area (TPSA) is 97.4 Å². The zero-order valence-corrected chi connectivity index (χ0v) is 14.2. The molecule has 0 aliphatic rings. The van der Waals surface area contributed by atoms with Crippen molar-refractivity contribution in [1.82, 2.24) is 10.3 Å². The smallest absolute Gasteiger partial charge is 0.381 e. The summed E-state index contributed by atoms with van der Waals surface area (Å²) in [6.45, 7) is 1.71. The van der Waals surface area contributed by atoms with Gasteiger partial charge in [0.15, 0.2) is 10.2 Å². The first-order chi connectivity index (χ1) is 11.5. The van der Waals surface area contributed by atoms with Gasteiger partial charge >= 0.3 is 5.97 Å². The number of nitrogens with one attached hydrogen (secondary N) is 2. The maximum absolute atomic E-state index is 11.9. The van der Waals surface area contributed by atoms with Gasteiger partial charge in [-0.2, -0.15) is 0 Å². The molecule has 0 aliphatic heterocycles. The summed E-state index contributed by atoms with van der Waals surface area (Å²) in [5.74, 6) is -2.16. The van der Waals surface area contributed by atoms with Crippen LogP contribution in [0.4, 0.5) is 5.13 Å². The van der Waals surface area contributed by atoms with Crippen molar-refractivity contribution in [2.24, 2.45) is 0 Å². The van der Waals surface area contributed by atoms with Crippen molar-refractivity contribution in [3.05, 3.63) is 47.0 Å². The molecular formula is C15H13N3O4S2. The number of hydrogen-bond donors (Lipinski definition) is 2. The lowest BCUT2D eigenvalue weighted by Gasteiger charge is -2.06. The Labute approximate surface area is 147 Å². The van der Waals surface area contributed by atoms with Crippen LogP contribution in [0.15, 0.2) is 35.7 Å². The molecule has 1 amide bonds. The van der Waals surface area contributed by atoms with Crippen molar-refractivity contribution in [3.8, 4) is 0 Å². The second-order valence-corrected chi connectivity index (χ2v) is 5.63. The third-order valence-corrected chi connectivity index (χ3v) is 3.64. The molecule has 0 bridgehead atoms. The molecule has 2 aromatic rings. The van der Waals surface area contributed by atoms with Crippen LogP contribution in [0.1, 0.15) is 27.8 Å². The highest BCUT2D eigenvalue weighted by Gasteiger charge is 2.21. The van der Waals surface area contributed by atoms with Gasteiger partial charge in [0, 0.05) is 10.9 Å². The molecule has 1 heterocycles. The Morgan fingerprint density at radius 2 is 1.96 bits per heavy atom. The Hall–Kier alpha value is -2.65. The zero-order chi connectivity index (χ0) is 17.5. The molecule has 124 valence electrons. The average molecular weight is 363 g/mol. The molecule has 2 rings (SSSR count). The van der Waals surface area contributed by atoms with Crippen LogP contribution in [-0.4, -0.2) is 34.4 Å². The normalized spacial score (nSPS) is 9.88.